The monoisotopic (exact) mass is 288 g/mol. The van der Waals surface area contributed by atoms with Crippen molar-refractivity contribution >= 4 is 27.5 Å². The molecular weight excluding hydrogens is 275 g/mol. The molecule has 1 aliphatic carbocycles. The summed E-state index contributed by atoms with van der Waals surface area (Å²) >= 11 is 9.55. The smallest absolute Gasteiger partial charge is 0.0449 e. The molecule has 1 aromatic carbocycles. The number of hydrazine groups is 1. The molecule has 1 fully saturated rings. The molecule has 1 saturated carbocycles. The average Bonchev–Trinajstić information content (AvgIpc) is 3.00. The Hall–Kier alpha value is -0.0900. The second-order valence-electron chi connectivity index (χ2n) is 4.05. The zero-order chi connectivity index (χ0) is 10.8. The van der Waals surface area contributed by atoms with E-state index in [1.54, 1.807) is 0 Å². The van der Waals surface area contributed by atoms with E-state index in [-0.39, 0.29) is 0 Å². The maximum Gasteiger partial charge on any atom is 0.0449 e. The Kier molecular flexibility index (Phi) is 3.67. The predicted octanol–water partition coefficient (Wildman–Crippen LogP) is 2.89. The van der Waals surface area contributed by atoms with Gasteiger partial charge in [0.05, 0.1) is 0 Å². The molecule has 2 nitrogen and oxygen atoms in total. The van der Waals surface area contributed by atoms with Gasteiger partial charge in [0.15, 0.2) is 0 Å². The highest BCUT2D eigenvalue weighted by Crippen LogP contribution is 2.34. The molecule has 0 amide bonds. The van der Waals surface area contributed by atoms with Crippen LogP contribution in [0.5, 0.6) is 0 Å². The first kappa shape index (κ1) is 11.4. The zero-order valence-electron chi connectivity index (χ0n) is 8.34. The van der Waals surface area contributed by atoms with E-state index in [1.165, 1.54) is 12.8 Å². The van der Waals surface area contributed by atoms with Gasteiger partial charge in [-0.3, -0.25) is 11.3 Å². The van der Waals surface area contributed by atoms with Gasteiger partial charge in [0, 0.05) is 15.5 Å². The molecular formula is C11H14BrClN2. The maximum absolute atomic E-state index is 6.16. The first-order valence-electron chi connectivity index (χ1n) is 5.10. The Labute approximate surface area is 103 Å². The number of nitrogens with one attached hydrogen (secondary N) is 1. The fraction of sp³-hybridized carbons (Fsp3) is 0.455. The molecule has 15 heavy (non-hydrogen) atoms. The highest BCUT2D eigenvalue weighted by Gasteiger charge is 2.30. The summed E-state index contributed by atoms with van der Waals surface area (Å²) in [6.07, 6.45) is 3.47. The molecule has 2 rings (SSSR count). The molecule has 0 radical (unpaired) electrons. The normalized spacial score (nSPS) is 17.8. The number of nitrogens with two attached hydrogens (primary N) is 1. The Morgan fingerprint density at radius 1 is 1.53 bits per heavy atom. The molecule has 0 bridgehead atoms. The lowest BCUT2D eigenvalue weighted by atomic mass is 10.0. The average molecular weight is 290 g/mol. The van der Waals surface area contributed by atoms with Gasteiger partial charge >= 0.3 is 0 Å². The topological polar surface area (TPSA) is 38.0 Å². The van der Waals surface area contributed by atoms with Crippen molar-refractivity contribution in [2.45, 2.75) is 25.3 Å². The highest BCUT2D eigenvalue weighted by atomic mass is 79.9. The van der Waals surface area contributed by atoms with Crippen molar-refractivity contribution in [1.29, 1.82) is 0 Å². The minimum absolute atomic E-state index is 0.365. The van der Waals surface area contributed by atoms with E-state index in [0.29, 0.717) is 6.04 Å². The second-order valence-corrected chi connectivity index (χ2v) is 5.37. The molecule has 1 aromatic rings. The third-order valence-electron chi connectivity index (χ3n) is 2.86. The van der Waals surface area contributed by atoms with Gasteiger partial charge in [0.1, 0.15) is 0 Å². The zero-order valence-corrected chi connectivity index (χ0v) is 10.7. The van der Waals surface area contributed by atoms with Crippen molar-refractivity contribution in [2.75, 3.05) is 0 Å². The van der Waals surface area contributed by atoms with E-state index < -0.39 is 0 Å². The molecule has 0 spiro atoms. The van der Waals surface area contributed by atoms with Crippen molar-refractivity contribution in [2.24, 2.45) is 11.8 Å². The third kappa shape index (κ3) is 2.94. The Morgan fingerprint density at radius 3 is 2.80 bits per heavy atom. The molecule has 0 aromatic heterocycles. The van der Waals surface area contributed by atoms with E-state index in [4.69, 9.17) is 17.4 Å². The summed E-state index contributed by atoms with van der Waals surface area (Å²) < 4.78 is 1.01. The van der Waals surface area contributed by atoms with E-state index in [0.717, 1.165) is 27.4 Å². The number of rotatable bonds is 4. The summed E-state index contributed by atoms with van der Waals surface area (Å²) in [6, 6.07) is 6.36. The molecule has 82 valence electrons. The number of halogens is 2. The SMILES string of the molecule is NNC(Cc1ccc(Br)cc1Cl)C1CC1. The number of hydrogen-bond acceptors (Lipinski definition) is 2. The summed E-state index contributed by atoms with van der Waals surface area (Å²) in [7, 11) is 0. The van der Waals surface area contributed by atoms with Gasteiger partial charge in [0.2, 0.25) is 0 Å². The first-order chi connectivity index (χ1) is 7.20. The standard InChI is InChI=1S/C11H14BrClN2/c12-9-4-3-8(10(13)6-9)5-11(15-14)7-1-2-7/h3-4,6-7,11,15H,1-2,5,14H2. The van der Waals surface area contributed by atoms with Gasteiger partial charge in [-0.25, -0.2) is 0 Å². The number of hydrogen-bond donors (Lipinski definition) is 2. The van der Waals surface area contributed by atoms with Crippen molar-refractivity contribution in [1.82, 2.24) is 5.43 Å². The molecule has 3 N–H and O–H groups in total. The quantitative estimate of drug-likeness (QED) is 0.661. The van der Waals surface area contributed by atoms with E-state index in [1.807, 2.05) is 12.1 Å². The van der Waals surface area contributed by atoms with Gasteiger partial charge in [-0.05, 0) is 42.9 Å². The van der Waals surface area contributed by atoms with Crippen molar-refractivity contribution in [3.8, 4) is 0 Å². The molecule has 0 saturated heterocycles. The van der Waals surface area contributed by atoms with Crippen LogP contribution >= 0.6 is 27.5 Å². The van der Waals surface area contributed by atoms with Crippen molar-refractivity contribution < 1.29 is 0 Å². The molecule has 1 unspecified atom stereocenters. The van der Waals surface area contributed by atoms with Crippen LogP contribution in [0.3, 0.4) is 0 Å². The Balaban J connectivity index is 2.08. The molecule has 0 heterocycles. The summed E-state index contributed by atoms with van der Waals surface area (Å²) in [5, 5.41) is 0.810. The van der Waals surface area contributed by atoms with Gasteiger partial charge < -0.3 is 0 Å². The van der Waals surface area contributed by atoms with Crippen LogP contribution in [0, 0.1) is 5.92 Å². The maximum atomic E-state index is 6.16. The lowest BCUT2D eigenvalue weighted by Gasteiger charge is -2.15. The molecule has 4 heteroatoms. The van der Waals surface area contributed by atoms with Gasteiger partial charge in [-0.2, -0.15) is 0 Å². The largest absolute Gasteiger partial charge is 0.271 e. The first-order valence-corrected chi connectivity index (χ1v) is 6.28. The van der Waals surface area contributed by atoms with Crippen LogP contribution in [0.25, 0.3) is 0 Å². The van der Waals surface area contributed by atoms with Crippen LogP contribution in [0.15, 0.2) is 22.7 Å². The van der Waals surface area contributed by atoms with Crippen LogP contribution in [0.1, 0.15) is 18.4 Å². The Morgan fingerprint density at radius 2 is 2.27 bits per heavy atom. The minimum atomic E-state index is 0.365. The fourth-order valence-electron chi connectivity index (χ4n) is 1.78. The molecule has 0 aliphatic heterocycles. The summed E-state index contributed by atoms with van der Waals surface area (Å²) in [5.41, 5.74) is 4.05. The minimum Gasteiger partial charge on any atom is -0.271 e. The van der Waals surface area contributed by atoms with Gasteiger partial charge in [-0.15, -0.1) is 0 Å². The predicted molar refractivity (Wildman–Crippen MR) is 66.7 cm³/mol. The van der Waals surface area contributed by atoms with Crippen LogP contribution < -0.4 is 11.3 Å². The van der Waals surface area contributed by atoms with Gasteiger partial charge in [-0.1, -0.05) is 33.6 Å². The van der Waals surface area contributed by atoms with E-state index in [2.05, 4.69) is 27.4 Å². The summed E-state index contributed by atoms with van der Waals surface area (Å²) in [4.78, 5) is 0. The van der Waals surface area contributed by atoms with Crippen molar-refractivity contribution in [3.63, 3.8) is 0 Å². The lowest BCUT2D eigenvalue weighted by molar-refractivity contribution is 0.472. The van der Waals surface area contributed by atoms with Crippen LogP contribution in [-0.2, 0) is 6.42 Å². The second kappa shape index (κ2) is 4.83. The van der Waals surface area contributed by atoms with Crippen LogP contribution in [0.2, 0.25) is 5.02 Å². The van der Waals surface area contributed by atoms with Crippen LogP contribution in [0.4, 0.5) is 0 Å². The van der Waals surface area contributed by atoms with E-state index in [9.17, 15) is 0 Å². The third-order valence-corrected chi connectivity index (χ3v) is 3.71. The summed E-state index contributed by atoms with van der Waals surface area (Å²) in [5.74, 6) is 6.27. The van der Waals surface area contributed by atoms with Gasteiger partial charge in [0.25, 0.3) is 0 Å². The van der Waals surface area contributed by atoms with E-state index >= 15 is 0 Å². The number of benzene rings is 1. The fourth-order valence-corrected chi connectivity index (χ4v) is 2.53. The summed E-state index contributed by atoms with van der Waals surface area (Å²) in [6.45, 7) is 0. The molecule has 1 aliphatic rings. The Bertz CT molecular complexity index is 352. The van der Waals surface area contributed by atoms with Crippen molar-refractivity contribution in [3.05, 3.63) is 33.3 Å². The molecule has 1 atom stereocenters. The lowest BCUT2D eigenvalue weighted by Crippen LogP contribution is -2.38. The van der Waals surface area contributed by atoms with Crippen LogP contribution in [-0.4, -0.2) is 6.04 Å². The highest BCUT2D eigenvalue weighted by molar-refractivity contribution is 9.10.